The third-order valence-corrected chi connectivity index (χ3v) is 9.92. The van der Waals surface area contributed by atoms with Crippen LogP contribution in [0.25, 0.3) is 6.08 Å². The number of nitrogens with zero attached hydrogens (tertiary/aromatic N) is 1. The molecule has 2 aromatic rings. The largest absolute Gasteiger partial charge is 0.496 e. The molecule has 7 heteroatoms. The molecule has 0 aromatic heterocycles. The topological polar surface area (TPSA) is 75.7 Å². The van der Waals surface area contributed by atoms with E-state index in [4.69, 9.17) is 4.74 Å². The molecule has 0 radical (unpaired) electrons. The molecule has 6 nitrogen and oxygen atoms in total. The fraction of sp³-hybridized carbons (Fsp3) is 0.452. The van der Waals surface area contributed by atoms with Gasteiger partial charge in [0.05, 0.1) is 12.0 Å². The van der Waals surface area contributed by atoms with Crippen LogP contribution in [0.4, 0.5) is 10.5 Å². The second-order valence-corrected chi connectivity index (χ2v) is 12.8. The van der Waals surface area contributed by atoms with Gasteiger partial charge in [-0.25, -0.2) is 0 Å². The molecule has 0 unspecified atom stereocenters. The van der Waals surface area contributed by atoms with E-state index in [2.05, 4.69) is 17.4 Å². The molecule has 38 heavy (non-hydrogen) atoms. The van der Waals surface area contributed by atoms with Crippen LogP contribution in [0.3, 0.4) is 0 Å². The number of thioether (sulfide) groups is 1. The third-order valence-electron chi connectivity index (χ3n) is 9.01. The van der Waals surface area contributed by atoms with Crippen LogP contribution < -0.4 is 10.1 Å². The summed E-state index contributed by atoms with van der Waals surface area (Å²) in [6, 6.07) is 12.2. The zero-order chi connectivity index (χ0) is 26.6. The first-order valence-electron chi connectivity index (χ1n) is 13.5. The number of aryl methyl sites for hydroxylation is 2. The van der Waals surface area contributed by atoms with Gasteiger partial charge in [0.1, 0.15) is 12.3 Å². The van der Waals surface area contributed by atoms with Gasteiger partial charge in [-0.15, -0.1) is 0 Å². The van der Waals surface area contributed by atoms with Crippen LogP contribution in [0.5, 0.6) is 5.75 Å². The van der Waals surface area contributed by atoms with Crippen molar-refractivity contribution in [1.29, 1.82) is 0 Å². The lowest BCUT2D eigenvalue weighted by atomic mass is 9.48. The van der Waals surface area contributed by atoms with Gasteiger partial charge in [0.25, 0.3) is 11.1 Å². The Hall–Kier alpha value is -3.06. The molecule has 3 amide bonds. The van der Waals surface area contributed by atoms with Crippen LogP contribution in [0.15, 0.2) is 41.3 Å². The van der Waals surface area contributed by atoms with E-state index in [-0.39, 0.29) is 12.0 Å². The van der Waals surface area contributed by atoms with Crippen molar-refractivity contribution in [3.05, 3.63) is 63.6 Å². The van der Waals surface area contributed by atoms with Gasteiger partial charge >= 0.3 is 0 Å². The summed E-state index contributed by atoms with van der Waals surface area (Å²) in [6.07, 6.45) is 9.64. The first-order valence-corrected chi connectivity index (χ1v) is 14.4. The smallest absolute Gasteiger partial charge is 0.294 e. The molecule has 5 aliphatic rings. The average Bonchev–Trinajstić information content (AvgIpc) is 3.12. The Morgan fingerprint density at radius 3 is 2.39 bits per heavy atom. The summed E-state index contributed by atoms with van der Waals surface area (Å²) in [4.78, 5) is 40.1. The van der Waals surface area contributed by atoms with Gasteiger partial charge in [0.2, 0.25) is 5.91 Å². The molecule has 4 aliphatic carbocycles. The van der Waals surface area contributed by atoms with Crippen LogP contribution in [-0.2, 0) is 15.0 Å². The standard InChI is InChI=1S/C31H34N2O4S/c1-18-4-5-19(2)25(8-18)32-28(34)17-33-29(35)27(38-30(33)36)13-23-12-24(6-7-26(23)37-3)31-14-20-9-21(15-31)11-22(10-20)16-31/h4-8,12-13,20-22H,9-11,14-17H2,1-3H3,(H,32,34)/b27-13+. The Morgan fingerprint density at radius 2 is 1.74 bits per heavy atom. The number of hydrogen-bond acceptors (Lipinski definition) is 5. The zero-order valence-corrected chi connectivity index (χ0v) is 23.0. The van der Waals surface area contributed by atoms with Crippen LogP contribution in [0, 0.1) is 31.6 Å². The molecule has 4 saturated carbocycles. The second kappa shape index (κ2) is 9.60. The molecule has 0 spiro atoms. The summed E-state index contributed by atoms with van der Waals surface area (Å²) in [5, 5.41) is 2.40. The highest BCUT2D eigenvalue weighted by atomic mass is 32.2. The van der Waals surface area contributed by atoms with E-state index in [0.717, 1.165) is 51.1 Å². The van der Waals surface area contributed by atoms with E-state index in [1.54, 1.807) is 13.2 Å². The Balaban J connectivity index is 1.23. The molecule has 1 saturated heterocycles. The van der Waals surface area contributed by atoms with Gasteiger partial charge in [0.15, 0.2) is 0 Å². The van der Waals surface area contributed by atoms with Crippen LogP contribution in [0.1, 0.15) is 60.8 Å². The van der Waals surface area contributed by atoms with E-state index in [1.165, 1.54) is 44.1 Å². The number of imide groups is 1. The molecule has 1 aliphatic heterocycles. The summed E-state index contributed by atoms with van der Waals surface area (Å²) in [5.41, 5.74) is 4.98. The average molecular weight is 531 g/mol. The number of rotatable bonds is 6. The molecule has 2 aromatic carbocycles. The summed E-state index contributed by atoms with van der Waals surface area (Å²) in [6.45, 7) is 3.53. The fourth-order valence-electron chi connectivity index (χ4n) is 7.62. The molecular formula is C31H34N2O4S. The van der Waals surface area contributed by atoms with E-state index >= 15 is 0 Å². The third kappa shape index (κ3) is 4.55. The number of carbonyl (C=O) groups excluding carboxylic acids is 3. The van der Waals surface area contributed by atoms with Gasteiger partial charge in [0, 0.05) is 11.3 Å². The van der Waals surface area contributed by atoms with Crippen molar-refractivity contribution < 1.29 is 19.1 Å². The molecule has 198 valence electrons. The predicted octanol–water partition coefficient (Wildman–Crippen LogP) is 6.45. The maximum Gasteiger partial charge on any atom is 0.294 e. The highest BCUT2D eigenvalue weighted by Gasteiger charge is 2.51. The monoisotopic (exact) mass is 530 g/mol. The number of benzene rings is 2. The van der Waals surface area contributed by atoms with Gasteiger partial charge in [-0.05, 0) is 128 Å². The van der Waals surface area contributed by atoms with Gasteiger partial charge in [-0.2, -0.15) is 0 Å². The minimum Gasteiger partial charge on any atom is -0.496 e. The molecule has 5 fully saturated rings. The SMILES string of the molecule is COc1ccc(C23CC4CC(CC(C4)C2)C3)cc1/C=C1/SC(=O)N(CC(=O)Nc2cc(C)ccc2C)C1=O. The molecular weight excluding hydrogens is 496 g/mol. The Kier molecular flexibility index (Phi) is 6.37. The molecule has 7 rings (SSSR count). The summed E-state index contributed by atoms with van der Waals surface area (Å²) < 4.78 is 5.64. The minimum atomic E-state index is -0.446. The lowest BCUT2D eigenvalue weighted by molar-refractivity contribution is -0.127. The lowest BCUT2D eigenvalue weighted by Gasteiger charge is -2.57. The van der Waals surface area contributed by atoms with Gasteiger partial charge < -0.3 is 10.1 Å². The van der Waals surface area contributed by atoms with Crippen LogP contribution in [-0.4, -0.2) is 35.6 Å². The number of hydrogen-bond donors (Lipinski definition) is 1. The van der Waals surface area contributed by atoms with Gasteiger partial charge in [-0.1, -0.05) is 18.2 Å². The molecule has 1 heterocycles. The maximum absolute atomic E-state index is 13.2. The fourth-order valence-corrected chi connectivity index (χ4v) is 8.45. The van der Waals surface area contributed by atoms with Crippen molar-refractivity contribution in [3.63, 3.8) is 0 Å². The first kappa shape index (κ1) is 25.2. The van der Waals surface area contributed by atoms with Crippen molar-refractivity contribution >= 4 is 40.6 Å². The lowest BCUT2D eigenvalue weighted by Crippen LogP contribution is -2.48. The quantitative estimate of drug-likeness (QED) is 0.434. The number of carbonyl (C=O) groups is 3. The number of methoxy groups -OCH3 is 1. The van der Waals surface area contributed by atoms with E-state index in [1.807, 2.05) is 38.1 Å². The van der Waals surface area contributed by atoms with Crippen molar-refractivity contribution in [2.24, 2.45) is 17.8 Å². The Labute approximate surface area is 228 Å². The normalized spacial score (nSPS) is 28.9. The zero-order valence-electron chi connectivity index (χ0n) is 22.2. The summed E-state index contributed by atoms with van der Waals surface area (Å²) in [5.74, 6) is 2.33. The summed E-state index contributed by atoms with van der Waals surface area (Å²) >= 11 is 0.878. The highest BCUT2D eigenvalue weighted by molar-refractivity contribution is 8.18. The van der Waals surface area contributed by atoms with E-state index < -0.39 is 17.1 Å². The van der Waals surface area contributed by atoms with E-state index in [0.29, 0.717) is 16.3 Å². The number of amides is 3. The summed E-state index contributed by atoms with van der Waals surface area (Å²) in [7, 11) is 1.63. The minimum absolute atomic E-state index is 0.217. The second-order valence-electron chi connectivity index (χ2n) is 11.8. The van der Waals surface area contributed by atoms with Crippen LogP contribution in [0.2, 0.25) is 0 Å². The van der Waals surface area contributed by atoms with Crippen molar-refractivity contribution in [3.8, 4) is 5.75 Å². The van der Waals surface area contributed by atoms with Crippen LogP contribution >= 0.6 is 11.8 Å². The Bertz CT molecular complexity index is 1330. The first-order chi connectivity index (χ1) is 18.2. The Morgan fingerprint density at radius 1 is 1.05 bits per heavy atom. The molecule has 1 N–H and O–H groups in total. The number of ether oxygens (including phenoxy) is 1. The highest BCUT2D eigenvalue weighted by Crippen LogP contribution is 2.61. The number of anilines is 1. The van der Waals surface area contributed by atoms with Gasteiger partial charge in [-0.3, -0.25) is 19.3 Å². The maximum atomic E-state index is 13.2. The van der Waals surface area contributed by atoms with E-state index in [9.17, 15) is 14.4 Å². The number of nitrogens with one attached hydrogen (secondary N) is 1. The molecule has 4 bridgehead atoms. The van der Waals surface area contributed by atoms with Crippen molar-refractivity contribution in [2.75, 3.05) is 19.0 Å². The van der Waals surface area contributed by atoms with Crippen molar-refractivity contribution in [1.82, 2.24) is 4.90 Å². The van der Waals surface area contributed by atoms with Crippen molar-refractivity contribution in [2.45, 2.75) is 57.8 Å². The molecule has 0 atom stereocenters. The predicted molar refractivity (Wildman–Crippen MR) is 150 cm³/mol.